The molecule has 0 aliphatic carbocycles. The highest BCUT2D eigenvalue weighted by molar-refractivity contribution is 6.22. The summed E-state index contributed by atoms with van der Waals surface area (Å²) >= 11 is 0. The lowest BCUT2D eigenvalue weighted by molar-refractivity contribution is 1.03. The lowest BCUT2D eigenvalue weighted by atomic mass is 9.84. The van der Waals surface area contributed by atoms with Crippen LogP contribution in [0.4, 0.5) is 0 Å². The molecular weight excluding hydrogens is 689 g/mol. The number of hydrogen-bond donors (Lipinski definition) is 0. The van der Waals surface area contributed by atoms with E-state index in [-0.39, 0.29) is 0 Å². The van der Waals surface area contributed by atoms with Gasteiger partial charge in [-0.15, -0.1) is 0 Å². The molecule has 2 heteroatoms. The number of benzene rings is 10. The Morgan fingerprint density at radius 3 is 1.47 bits per heavy atom. The van der Waals surface area contributed by atoms with Crippen LogP contribution in [0.1, 0.15) is 0 Å². The molecule has 0 unspecified atom stereocenters. The second-order valence-electron chi connectivity index (χ2n) is 15.2. The topological polar surface area (TPSA) is 17.3 Å². The van der Waals surface area contributed by atoms with Crippen molar-refractivity contribution in [3.63, 3.8) is 0 Å². The molecule has 0 aliphatic heterocycles. The fourth-order valence-corrected chi connectivity index (χ4v) is 9.22. The molecule has 0 N–H and O–H groups in total. The van der Waals surface area contributed by atoms with Crippen LogP contribution in [-0.4, -0.2) is 9.61 Å². The van der Waals surface area contributed by atoms with Crippen molar-refractivity contribution in [2.75, 3.05) is 0 Å². The Bertz CT molecular complexity index is 3570. The Labute approximate surface area is 329 Å². The summed E-state index contributed by atoms with van der Waals surface area (Å²) in [5.41, 5.74) is 12.9. The minimum atomic E-state index is 1.00. The fourth-order valence-electron chi connectivity index (χ4n) is 9.22. The van der Waals surface area contributed by atoms with E-state index >= 15 is 0 Å². The van der Waals surface area contributed by atoms with Crippen molar-refractivity contribution in [2.45, 2.75) is 0 Å². The maximum Gasteiger partial charge on any atom is 0.0934 e. The Balaban J connectivity index is 1.08. The predicted molar refractivity (Wildman–Crippen MR) is 242 cm³/mol. The highest BCUT2D eigenvalue weighted by atomic mass is 15.2. The number of pyridine rings is 1. The smallest absolute Gasteiger partial charge is 0.0934 e. The zero-order valence-electron chi connectivity index (χ0n) is 31.0. The van der Waals surface area contributed by atoms with E-state index in [0.29, 0.717) is 0 Å². The van der Waals surface area contributed by atoms with Crippen LogP contribution in [0, 0.1) is 0 Å². The summed E-state index contributed by atoms with van der Waals surface area (Å²) in [7, 11) is 0. The van der Waals surface area contributed by atoms with Gasteiger partial charge in [0.1, 0.15) is 0 Å². The average Bonchev–Trinajstić information content (AvgIpc) is 3.68. The van der Waals surface area contributed by atoms with Crippen molar-refractivity contribution in [3.05, 3.63) is 206 Å². The molecule has 10 aromatic carbocycles. The maximum absolute atomic E-state index is 5.06. The van der Waals surface area contributed by atoms with Crippen molar-refractivity contribution in [2.24, 2.45) is 0 Å². The zero-order chi connectivity index (χ0) is 37.5. The summed E-state index contributed by atoms with van der Waals surface area (Å²) in [5.74, 6) is 0. The molecule has 0 atom stereocenters. The van der Waals surface area contributed by atoms with Gasteiger partial charge in [0.05, 0.1) is 16.6 Å². The van der Waals surface area contributed by atoms with Crippen LogP contribution in [0.25, 0.3) is 115 Å². The van der Waals surface area contributed by atoms with E-state index in [1.54, 1.807) is 0 Å². The lowest BCUT2D eigenvalue weighted by Gasteiger charge is -2.19. The van der Waals surface area contributed by atoms with Gasteiger partial charge in [-0.3, -0.25) is 0 Å². The zero-order valence-corrected chi connectivity index (χ0v) is 31.0. The Morgan fingerprint density at radius 1 is 0.298 bits per heavy atom. The van der Waals surface area contributed by atoms with Gasteiger partial charge in [-0.2, -0.15) is 5.10 Å². The molecule has 12 aromatic rings. The van der Waals surface area contributed by atoms with E-state index in [4.69, 9.17) is 5.10 Å². The molecule has 0 amide bonds. The summed E-state index contributed by atoms with van der Waals surface area (Å²) in [6.07, 6.45) is 0. The molecule has 264 valence electrons. The van der Waals surface area contributed by atoms with Gasteiger partial charge in [-0.25, -0.2) is 4.52 Å². The molecule has 0 fully saturated rings. The largest absolute Gasteiger partial charge is 0.231 e. The third-order valence-corrected chi connectivity index (χ3v) is 11.9. The Hall–Kier alpha value is -7.55. The summed E-state index contributed by atoms with van der Waals surface area (Å²) in [4.78, 5) is 0. The number of fused-ring (bicyclic) bond motifs is 9. The molecule has 2 aromatic heterocycles. The van der Waals surface area contributed by atoms with Crippen LogP contribution < -0.4 is 0 Å². The van der Waals surface area contributed by atoms with Crippen LogP contribution in [0.5, 0.6) is 0 Å². The van der Waals surface area contributed by atoms with Crippen molar-refractivity contribution >= 4 is 70.4 Å². The third kappa shape index (κ3) is 5.01. The normalized spacial score (nSPS) is 11.9. The van der Waals surface area contributed by atoms with Crippen LogP contribution in [-0.2, 0) is 0 Å². The van der Waals surface area contributed by atoms with E-state index in [1.165, 1.54) is 93.0 Å². The summed E-state index contributed by atoms with van der Waals surface area (Å²) in [6, 6.07) is 75.6. The number of hydrogen-bond acceptors (Lipinski definition) is 1. The predicted octanol–water partition coefficient (Wildman–Crippen LogP) is 14.9. The quantitative estimate of drug-likeness (QED) is 0.165. The Morgan fingerprint density at radius 2 is 0.789 bits per heavy atom. The van der Waals surface area contributed by atoms with E-state index in [9.17, 15) is 0 Å². The average molecular weight is 723 g/mol. The van der Waals surface area contributed by atoms with Crippen molar-refractivity contribution < 1.29 is 0 Å². The van der Waals surface area contributed by atoms with Crippen LogP contribution >= 0.6 is 0 Å². The first-order valence-corrected chi connectivity index (χ1v) is 19.6. The number of aromatic nitrogens is 2. The highest BCUT2D eigenvalue weighted by Crippen LogP contribution is 2.46. The fraction of sp³-hybridized carbons (Fsp3) is 0. The number of nitrogens with zero attached hydrogens (tertiary/aromatic N) is 2. The van der Waals surface area contributed by atoms with Gasteiger partial charge in [-0.1, -0.05) is 170 Å². The molecule has 57 heavy (non-hydrogen) atoms. The number of rotatable bonds is 4. The monoisotopic (exact) mass is 722 g/mol. The van der Waals surface area contributed by atoms with Crippen LogP contribution in [0.15, 0.2) is 206 Å². The lowest BCUT2D eigenvalue weighted by Crippen LogP contribution is -1.93. The SMILES string of the molecule is c1ccc2cc(-c3c4ccccc4c(-c4ccc5ccccc5c4)c4cc(-c5ccc(-c6cc7ccccc7n7nc8ccccc8c67)cc5)ccc34)ccc2c1. The first-order chi connectivity index (χ1) is 28.2. The molecule has 0 saturated heterocycles. The molecule has 2 heterocycles. The van der Waals surface area contributed by atoms with Gasteiger partial charge in [0.15, 0.2) is 0 Å². The van der Waals surface area contributed by atoms with Gasteiger partial charge >= 0.3 is 0 Å². The van der Waals surface area contributed by atoms with E-state index in [2.05, 4.69) is 211 Å². The molecule has 0 bridgehead atoms. The van der Waals surface area contributed by atoms with Gasteiger partial charge in [0, 0.05) is 16.3 Å². The second-order valence-corrected chi connectivity index (χ2v) is 15.2. The van der Waals surface area contributed by atoms with Crippen LogP contribution in [0.3, 0.4) is 0 Å². The standard InChI is InChI=1S/C55H34N2/c1-3-13-39-31-43(27-23-35(39)11-1)53-45-16-6-7-17-46(45)54(44-28-24-36-12-2-4-14-40(36)32-44)50-33-41(29-30-47(50)53)37-21-25-38(26-22-37)49-34-42-15-5-10-20-52(42)57-55(49)48-18-8-9-19-51(48)56-57/h1-34H. The molecule has 0 radical (unpaired) electrons. The van der Waals surface area contributed by atoms with E-state index < -0.39 is 0 Å². The van der Waals surface area contributed by atoms with E-state index in [0.717, 1.165) is 21.9 Å². The van der Waals surface area contributed by atoms with Crippen molar-refractivity contribution in [1.29, 1.82) is 0 Å². The van der Waals surface area contributed by atoms with Crippen molar-refractivity contribution in [1.82, 2.24) is 9.61 Å². The molecule has 0 saturated carbocycles. The molecule has 2 nitrogen and oxygen atoms in total. The molecule has 0 spiro atoms. The van der Waals surface area contributed by atoms with Gasteiger partial charge < -0.3 is 0 Å². The summed E-state index contributed by atoms with van der Waals surface area (Å²) in [6.45, 7) is 0. The third-order valence-electron chi connectivity index (χ3n) is 11.9. The molecular formula is C55H34N2. The summed E-state index contributed by atoms with van der Waals surface area (Å²) in [5, 5.41) is 17.4. The summed E-state index contributed by atoms with van der Waals surface area (Å²) < 4.78 is 2.12. The van der Waals surface area contributed by atoms with E-state index in [1.807, 2.05) is 0 Å². The van der Waals surface area contributed by atoms with Gasteiger partial charge in [0.25, 0.3) is 0 Å². The van der Waals surface area contributed by atoms with Crippen molar-refractivity contribution in [3.8, 4) is 44.5 Å². The number of para-hydroxylation sites is 1. The Kier molecular flexibility index (Phi) is 6.96. The highest BCUT2D eigenvalue weighted by Gasteiger charge is 2.19. The molecule has 0 aliphatic rings. The minimum absolute atomic E-state index is 1.00. The first-order valence-electron chi connectivity index (χ1n) is 19.6. The van der Waals surface area contributed by atoms with Gasteiger partial charge in [0.2, 0.25) is 0 Å². The van der Waals surface area contributed by atoms with Crippen LogP contribution in [0.2, 0.25) is 0 Å². The maximum atomic E-state index is 5.06. The minimum Gasteiger partial charge on any atom is -0.231 e. The van der Waals surface area contributed by atoms with Gasteiger partial charge in [-0.05, 0) is 118 Å². The second kappa shape index (κ2) is 12.5. The first kappa shape index (κ1) is 31.8. The molecule has 12 rings (SSSR count).